The van der Waals surface area contributed by atoms with E-state index in [4.69, 9.17) is 14.5 Å². The average Bonchev–Trinajstić information content (AvgIpc) is 3.33. The highest BCUT2D eigenvalue weighted by Crippen LogP contribution is 2.35. The predicted octanol–water partition coefficient (Wildman–Crippen LogP) is 6.21. The summed E-state index contributed by atoms with van der Waals surface area (Å²) in [7, 11) is 1.96. The number of nitrogens with one attached hydrogen (secondary N) is 1. The molecule has 3 heterocycles. The van der Waals surface area contributed by atoms with Crippen molar-refractivity contribution >= 4 is 62.9 Å². The van der Waals surface area contributed by atoms with Gasteiger partial charge < -0.3 is 29.2 Å². The topological polar surface area (TPSA) is 122 Å². The van der Waals surface area contributed by atoms with E-state index in [0.717, 1.165) is 21.2 Å². The van der Waals surface area contributed by atoms with Crippen molar-refractivity contribution in [2.24, 2.45) is 17.0 Å². The number of imidazole rings is 1. The third kappa shape index (κ3) is 7.11. The van der Waals surface area contributed by atoms with Gasteiger partial charge in [-0.15, -0.1) is 0 Å². The fraction of sp³-hybridized carbons (Fsp3) is 0.333. The smallest absolute Gasteiger partial charge is 0.410 e. The zero-order valence-electron chi connectivity index (χ0n) is 24.8. The lowest BCUT2D eigenvalue weighted by Crippen LogP contribution is -2.51. The van der Waals surface area contributed by atoms with E-state index in [0.29, 0.717) is 60.8 Å². The van der Waals surface area contributed by atoms with Gasteiger partial charge in [0.1, 0.15) is 29.1 Å². The van der Waals surface area contributed by atoms with Gasteiger partial charge in [-0.05, 0) is 80.7 Å². The summed E-state index contributed by atoms with van der Waals surface area (Å²) in [5.74, 6) is 2.29. The van der Waals surface area contributed by atoms with Crippen LogP contribution in [0.1, 0.15) is 26.5 Å². The van der Waals surface area contributed by atoms with Gasteiger partial charge in [-0.1, -0.05) is 0 Å². The first-order valence-corrected chi connectivity index (χ1v) is 14.6. The minimum atomic E-state index is -0.546. The second kappa shape index (κ2) is 12.4. The highest BCUT2D eigenvalue weighted by molar-refractivity contribution is 9.10. The molecule has 224 valence electrons. The molecule has 0 unspecified atom stereocenters. The third-order valence-corrected chi connectivity index (χ3v) is 7.31. The van der Waals surface area contributed by atoms with Gasteiger partial charge in [0.15, 0.2) is 5.82 Å². The van der Waals surface area contributed by atoms with Crippen LogP contribution in [0.2, 0.25) is 0 Å². The minimum Gasteiger partial charge on any atom is -0.456 e. The summed E-state index contributed by atoms with van der Waals surface area (Å²) in [5, 5.41) is 3.34. The number of guanidine groups is 1. The summed E-state index contributed by atoms with van der Waals surface area (Å²) in [6.45, 7) is 13.2. The molecule has 0 saturated carbocycles. The van der Waals surface area contributed by atoms with Gasteiger partial charge in [-0.3, -0.25) is 0 Å². The maximum atomic E-state index is 12.5. The number of carbonyl (C=O) groups is 1. The van der Waals surface area contributed by atoms with E-state index in [-0.39, 0.29) is 6.09 Å². The summed E-state index contributed by atoms with van der Waals surface area (Å²) in [5.41, 5.74) is 3.33. The van der Waals surface area contributed by atoms with Crippen LogP contribution in [0, 0.1) is 6.92 Å². The number of aliphatic imine (C=N–C) groups is 2. The van der Waals surface area contributed by atoms with E-state index >= 15 is 0 Å². The first-order valence-electron chi connectivity index (χ1n) is 13.8. The standard InChI is InChI=1S/C30H34BrN9O3/c1-19-26(37-28(32-5)39-11-13-40(14-12-39)29(41)43-30(2,3)4)27(34-17-33-19)36-20-7-10-25(22(31)15-20)42-21-8-9-24-23(16-21)35-18-38(24)6/h7-10,15-18H,5,11-14H2,1-4,6H3,(H,33,34,36)/b37-28+. The number of ether oxygens (including phenoxy) is 2. The lowest BCUT2D eigenvalue weighted by Gasteiger charge is -2.36. The molecule has 2 aromatic heterocycles. The Morgan fingerprint density at radius 2 is 1.79 bits per heavy atom. The van der Waals surface area contributed by atoms with Gasteiger partial charge in [0, 0.05) is 45.0 Å². The minimum absolute atomic E-state index is 0.326. The van der Waals surface area contributed by atoms with E-state index < -0.39 is 5.60 Å². The first-order chi connectivity index (χ1) is 20.5. The number of hydrogen-bond acceptors (Lipinski definition) is 8. The highest BCUT2D eigenvalue weighted by atomic mass is 79.9. The maximum absolute atomic E-state index is 12.5. The number of aryl methyl sites for hydroxylation is 2. The summed E-state index contributed by atoms with van der Waals surface area (Å²) in [4.78, 5) is 38.3. The van der Waals surface area contributed by atoms with Crippen molar-refractivity contribution in [3.63, 3.8) is 0 Å². The molecular formula is C30H34BrN9O3. The number of benzene rings is 2. The van der Waals surface area contributed by atoms with Crippen molar-refractivity contribution in [3.05, 3.63) is 59.2 Å². The van der Waals surface area contributed by atoms with Crippen LogP contribution in [0.25, 0.3) is 11.0 Å². The first kappa shape index (κ1) is 30.0. The zero-order chi connectivity index (χ0) is 30.7. The predicted molar refractivity (Wildman–Crippen MR) is 171 cm³/mol. The van der Waals surface area contributed by atoms with Crippen LogP contribution >= 0.6 is 15.9 Å². The summed E-state index contributed by atoms with van der Waals surface area (Å²) in [6.07, 6.45) is 2.93. The number of hydrogen-bond donors (Lipinski definition) is 1. The maximum Gasteiger partial charge on any atom is 0.410 e. The van der Waals surface area contributed by atoms with Crippen LogP contribution in [-0.2, 0) is 11.8 Å². The number of halogens is 1. The molecule has 5 rings (SSSR count). The van der Waals surface area contributed by atoms with Crippen LogP contribution < -0.4 is 10.1 Å². The molecule has 0 aliphatic carbocycles. The molecule has 1 aliphatic rings. The van der Waals surface area contributed by atoms with Crippen molar-refractivity contribution in [2.45, 2.75) is 33.3 Å². The van der Waals surface area contributed by atoms with Crippen molar-refractivity contribution < 1.29 is 14.3 Å². The Morgan fingerprint density at radius 3 is 2.49 bits per heavy atom. The second-order valence-electron chi connectivity index (χ2n) is 11.1. The molecule has 1 fully saturated rings. The molecule has 1 aliphatic heterocycles. The Bertz CT molecular complexity index is 1690. The third-order valence-electron chi connectivity index (χ3n) is 6.69. The van der Waals surface area contributed by atoms with Crippen LogP contribution in [0.15, 0.2) is 63.5 Å². The fourth-order valence-electron chi connectivity index (χ4n) is 4.52. The van der Waals surface area contributed by atoms with Crippen molar-refractivity contribution in [1.82, 2.24) is 29.3 Å². The average molecular weight is 649 g/mol. The molecule has 0 radical (unpaired) electrons. The van der Waals surface area contributed by atoms with Gasteiger partial charge in [0.05, 0.1) is 27.5 Å². The van der Waals surface area contributed by atoms with Crippen LogP contribution in [0.4, 0.5) is 22.0 Å². The quantitative estimate of drug-likeness (QED) is 0.200. The second-order valence-corrected chi connectivity index (χ2v) is 11.9. The van der Waals surface area contributed by atoms with Gasteiger partial charge in [0.25, 0.3) is 0 Å². The van der Waals surface area contributed by atoms with Crippen molar-refractivity contribution in [3.8, 4) is 11.5 Å². The highest BCUT2D eigenvalue weighted by Gasteiger charge is 2.27. The van der Waals surface area contributed by atoms with Gasteiger partial charge in [-0.2, -0.15) is 0 Å². The Labute approximate surface area is 258 Å². The van der Waals surface area contributed by atoms with E-state index in [9.17, 15) is 4.79 Å². The Morgan fingerprint density at radius 1 is 1.05 bits per heavy atom. The zero-order valence-corrected chi connectivity index (χ0v) is 26.4. The number of piperazine rings is 1. The van der Waals surface area contributed by atoms with Crippen molar-refractivity contribution in [2.75, 3.05) is 31.5 Å². The number of anilines is 2. The SMILES string of the molecule is C=N/C(=N\c1c(C)ncnc1Nc1ccc(Oc2ccc3c(c2)ncn3C)c(Br)c1)N1CCN(C(=O)OC(C)(C)C)CC1. The van der Waals surface area contributed by atoms with E-state index in [2.05, 4.69) is 47.9 Å². The molecule has 1 N–H and O–H groups in total. The van der Waals surface area contributed by atoms with Gasteiger partial charge >= 0.3 is 6.09 Å². The largest absolute Gasteiger partial charge is 0.456 e. The number of carbonyl (C=O) groups excluding carboxylic acids is 1. The van der Waals surface area contributed by atoms with Crippen LogP contribution in [-0.4, -0.2) is 79.9 Å². The van der Waals surface area contributed by atoms with E-state index in [1.807, 2.05) is 80.6 Å². The molecule has 2 aromatic carbocycles. The summed E-state index contributed by atoms with van der Waals surface area (Å²) < 4.78 is 14.4. The number of fused-ring (bicyclic) bond motifs is 1. The Balaban J connectivity index is 1.30. The molecule has 1 amide bonds. The molecule has 12 nitrogen and oxygen atoms in total. The molecule has 0 bridgehead atoms. The molecule has 1 saturated heterocycles. The molecule has 0 spiro atoms. The van der Waals surface area contributed by atoms with Gasteiger partial charge in [-0.25, -0.2) is 29.7 Å². The van der Waals surface area contributed by atoms with Gasteiger partial charge in [0.2, 0.25) is 5.96 Å². The van der Waals surface area contributed by atoms with Crippen molar-refractivity contribution in [1.29, 1.82) is 0 Å². The molecule has 43 heavy (non-hydrogen) atoms. The van der Waals surface area contributed by atoms with Crippen LogP contribution in [0.5, 0.6) is 11.5 Å². The lowest BCUT2D eigenvalue weighted by atomic mass is 10.2. The molecule has 4 aromatic rings. The fourth-order valence-corrected chi connectivity index (χ4v) is 4.98. The number of aromatic nitrogens is 4. The number of amides is 1. The number of rotatable bonds is 5. The summed E-state index contributed by atoms with van der Waals surface area (Å²) >= 11 is 3.63. The van der Waals surface area contributed by atoms with E-state index in [1.54, 1.807) is 11.2 Å². The Hall–Kier alpha value is -4.52. The number of nitrogens with zero attached hydrogens (tertiary/aromatic N) is 8. The molecule has 13 heteroatoms. The summed E-state index contributed by atoms with van der Waals surface area (Å²) in [6, 6.07) is 11.5. The molecular weight excluding hydrogens is 614 g/mol. The van der Waals surface area contributed by atoms with Crippen LogP contribution in [0.3, 0.4) is 0 Å². The Kier molecular flexibility index (Phi) is 8.62. The molecule has 0 atom stereocenters. The lowest BCUT2D eigenvalue weighted by molar-refractivity contribution is 0.0186. The van der Waals surface area contributed by atoms with E-state index in [1.165, 1.54) is 6.33 Å². The normalized spacial score (nSPS) is 14.1. The monoisotopic (exact) mass is 647 g/mol.